The predicted octanol–water partition coefficient (Wildman–Crippen LogP) is -0.695. The van der Waals surface area contributed by atoms with Gasteiger partial charge in [-0.2, -0.15) is 0 Å². The average molecular weight is 262 g/mol. The standard InChI is InChI=1S/C11H18O7/c1-4-17-11(15)9(13)8(7(2)12)10(14)18-6-5-16-3/h8-9,13H,4-6H2,1-3H3. The van der Waals surface area contributed by atoms with Gasteiger partial charge in [-0.1, -0.05) is 0 Å². The van der Waals surface area contributed by atoms with Gasteiger partial charge in [-0.25, -0.2) is 4.79 Å². The lowest BCUT2D eigenvalue weighted by Gasteiger charge is -2.17. The van der Waals surface area contributed by atoms with E-state index in [2.05, 4.69) is 9.47 Å². The molecular weight excluding hydrogens is 244 g/mol. The van der Waals surface area contributed by atoms with Crippen LogP contribution in [0.15, 0.2) is 0 Å². The summed E-state index contributed by atoms with van der Waals surface area (Å²) < 4.78 is 13.9. The van der Waals surface area contributed by atoms with Crippen molar-refractivity contribution in [2.24, 2.45) is 5.92 Å². The fourth-order valence-electron chi connectivity index (χ4n) is 1.20. The summed E-state index contributed by atoms with van der Waals surface area (Å²) in [5.41, 5.74) is 0. The van der Waals surface area contributed by atoms with Crippen LogP contribution in [0.1, 0.15) is 13.8 Å². The highest BCUT2D eigenvalue weighted by atomic mass is 16.6. The van der Waals surface area contributed by atoms with Gasteiger partial charge in [0, 0.05) is 7.11 Å². The molecule has 0 spiro atoms. The molecule has 0 rings (SSSR count). The van der Waals surface area contributed by atoms with E-state index in [1.165, 1.54) is 7.11 Å². The first-order valence-corrected chi connectivity index (χ1v) is 5.46. The van der Waals surface area contributed by atoms with E-state index in [1.807, 2.05) is 0 Å². The fourth-order valence-corrected chi connectivity index (χ4v) is 1.20. The van der Waals surface area contributed by atoms with Gasteiger partial charge in [-0.05, 0) is 13.8 Å². The number of methoxy groups -OCH3 is 1. The number of carbonyl (C=O) groups excluding carboxylic acids is 3. The third-order valence-corrected chi connectivity index (χ3v) is 2.07. The maximum absolute atomic E-state index is 11.5. The van der Waals surface area contributed by atoms with Crippen LogP contribution in [-0.2, 0) is 28.6 Å². The van der Waals surface area contributed by atoms with E-state index in [9.17, 15) is 19.5 Å². The Balaban J connectivity index is 4.59. The highest BCUT2D eigenvalue weighted by molar-refractivity contribution is 6.02. The summed E-state index contributed by atoms with van der Waals surface area (Å²) in [7, 11) is 1.42. The summed E-state index contributed by atoms with van der Waals surface area (Å²) in [6.07, 6.45) is -1.85. The third kappa shape index (κ3) is 5.24. The zero-order valence-corrected chi connectivity index (χ0v) is 10.7. The zero-order valence-electron chi connectivity index (χ0n) is 10.7. The zero-order chi connectivity index (χ0) is 14.1. The molecule has 1 N–H and O–H groups in total. The highest BCUT2D eigenvalue weighted by Gasteiger charge is 2.38. The summed E-state index contributed by atoms with van der Waals surface area (Å²) >= 11 is 0. The first-order chi connectivity index (χ1) is 8.45. The Kier molecular flexibility index (Phi) is 7.89. The van der Waals surface area contributed by atoms with Crippen molar-refractivity contribution in [2.75, 3.05) is 26.9 Å². The summed E-state index contributed by atoms with van der Waals surface area (Å²) in [5, 5.41) is 9.58. The summed E-state index contributed by atoms with van der Waals surface area (Å²) in [5.74, 6) is -4.24. The van der Waals surface area contributed by atoms with Crippen molar-refractivity contribution >= 4 is 17.7 Å². The molecule has 7 nitrogen and oxygen atoms in total. The molecule has 104 valence electrons. The van der Waals surface area contributed by atoms with Crippen LogP contribution in [0, 0.1) is 5.92 Å². The molecule has 0 saturated carbocycles. The van der Waals surface area contributed by atoms with Gasteiger partial charge in [-0.15, -0.1) is 0 Å². The van der Waals surface area contributed by atoms with Crippen LogP contribution < -0.4 is 0 Å². The molecule has 0 aromatic rings. The SMILES string of the molecule is CCOC(=O)C(O)C(C(C)=O)C(=O)OCCOC. The molecule has 0 bridgehead atoms. The van der Waals surface area contributed by atoms with E-state index in [1.54, 1.807) is 6.92 Å². The Morgan fingerprint density at radius 2 is 1.72 bits per heavy atom. The van der Waals surface area contributed by atoms with Crippen molar-refractivity contribution < 1.29 is 33.7 Å². The van der Waals surface area contributed by atoms with E-state index in [-0.39, 0.29) is 19.8 Å². The van der Waals surface area contributed by atoms with Gasteiger partial charge < -0.3 is 19.3 Å². The molecule has 0 amide bonds. The van der Waals surface area contributed by atoms with Gasteiger partial charge in [0.15, 0.2) is 12.0 Å². The van der Waals surface area contributed by atoms with Crippen molar-refractivity contribution in [3.05, 3.63) is 0 Å². The molecule has 0 aromatic carbocycles. The molecule has 0 fully saturated rings. The number of ether oxygens (including phenoxy) is 3. The second-order valence-corrected chi connectivity index (χ2v) is 3.45. The number of ketones is 1. The van der Waals surface area contributed by atoms with E-state index < -0.39 is 29.7 Å². The Morgan fingerprint density at radius 3 is 2.17 bits per heavy atom. The van der Waals surface area contributed by atoms with Crippen LogP contribution in [0.5, 0.6) is 0 Å². The number of hydrogen-bond acceptors (Lipinski definition) is 7. The molecule has 2 atom stereocenters. The quantitative estimate of drug-likeness (QED) is 0.351. The molecule has 0 saturated heterocycles. The molecule has 2 unspecified atom stereocenters. The minimum atomic E-state index is -1.85. The van der Waals surface area contributed by atoms with E-state index in [4.69, 9.17) is 4.74 Å². The van der Waals surface area contributed by atoms with Crippen molar-refractivity contribution in [2.45, 2.75) is 20.0 Å². The molecule has 0 aliphatic carbocycles. The monoisotopic (exact) mass is 262 g/mol. The lowest BCUT2D eigenvalue weighted by Crippen LogP contribution is -2.41. The van der Waals surface area contributed by atoms with Crippen LogP contribution in [0.4, 0.5) is 0 Å². The minimum absolute atomic E-state index is 0.0409. The van der Waals surface area contributed by atoms with Gasteiger partial charge in [0.2, 0.25) is 0 Å². The van der Waals surface area contributed by atoms with Gasteiger partial charge in [-0.3, -0.25) is 9.59 Å². The first kappa shape index (κ1) is 16.5. The number of esters is 2. The van der Waals surface area contributed by atoms with Crippen LogP contribution in [-0.4, -0.2) is 55.9 Å². The summed E-state index contributed by atoms with van der Waals surface area (Å²) in [6.45, 7) is 2.77. The van der Waals surface area contributed by atoms with Gasteiger partial charge in [0.05, 0.1) is 13.2 Å². The lowest BCUT2D eigenvalue weighted by molar-refractivity contribution is -0.169. The predicted molar refractivity (Wildman–Crippen MR) is 59.6 cm³/mol. The molecule has 0 heterocycles. The highest BCUT2D eigenvalue weighted by Crippen LogP contribution is 2.10. The smallest absolute Gasteiger partial charge is 0.336 e. The Bertz CT molecular complexity index is 300. The average Bonchev–Trinajstić information content (AvgIpc) is 2.29. The van der Waals surface area contributed by atoms with Crippen molar-refractivity contribution in [3.8, 4) is 0 Å². The number of hydrogen-bond donors (Lipinski definition) is 1. The fraction of sp³-hybridized carbons (Fsp3) is 0.727. The Morgan fingerprint density at radius 1 is 1.11 bits per heavy atom. The first-order valence-electron chi connectivity index (χ1n) is 5.46. The van der Waals surface area contributed by atoms with Gasteiger partial charge in [0.25, 0.3) is 0 Å². The van der Waals surface area contributed by atoms with Gasteiger partial charge in [0.1, 0.15) is 12.4 Å². The lowest BCUT2D eigenvalue weighted by atomic mass is 9.98. The second-order valence-electron chi connectivity index (χ2n) is 3.45. The van der Waals surface area contributed by atoms with Crippen LogP contribution in [0.2, 0.25) is 0 Å². The normalized spacial score (nSPS) is 13.6. The number of aliphatic hydroxyl groups excluding tert-OH is 1. The molecule has 0 aliphatic rings. The third-order valence-electron chi connectivity index (χ3n) is 2.07. The maximum atomic E-state index is 11.5. The Hall–Kier alpha value is -1.47. The van der Waals surface area contributed by atoms with Gasteiger partial charge >= 0.3 is 11.9 Å². The minimum Gasteiger partial charge on any atom is -0.464 e. The van der Waals surface area contributed by atoms with Crippen LogP contribution in [0.25, 0.3) is 0 Å². The largest absolute Gasteiger partial charge is 0.464 e. The molecule has 0 radical (unpaired) electrons. The van der Waals surface area contributed by atoms with E-state index in [0.29, 0.717) is 0 Å². The molecule has 0 aliphatic heterocycles. The summed E-state index contributed by atoms with van der Waals surface area (Å²) in [4.78, 5) is 34.1. The van der Waals surface area contributed by atoms with Crippen LogP contribution >= 0.6 is 0 Å². The number of Topliss-reactive ketones (excluding diaryl/α,β-unsaturated/α-hetero) is 1. The van der Waals surface area contributed by atoms with E-state index >= 15 is 0 Å². The Labute approximate surface area is 105 Å². The second kappa shape index (κ2) is 8.60. The number of aliphatic hydroxyl groups is 1. The number of carbonyl (C=O) groups is 3. The topological polar surface area (TPSA) is 99.1 Å². The molecule has 0 aromatic heterocycles. The van der Waals surface area contributed by atoms with E-state index in [0.717, 1.165) is 6.92 Å². The molecular formula is C11H18O7. The van der Waals surface area contributed by atoms with Crippen molar-refractivity contribution in [1.82, 2.24) is 0 Å². The molecule has 18 heavy (non-hydrogen) atoms. The number of rotatable bonds is 8. The summed E-state index contributed by atoms with van der Waals surface area (Å²) in [6, 6.07) is 0. The van der Waals surface area contributed by atoms with Crippen molar-refractivity contribution in [1.29, 1.82) is 0 Å². The van der Waals surface area contributed by atoms with Crippen LogP contribution in [0.3, 0.4) is 0 Å². The molecule has 7 heteroatoms. The maximum Gasteiger partial charge on any atom is 0.336 e. The van der Waals surface area contributed by atoms with Crippen molar-refractivity contribution in [3.63, 3.8) is 0 Å².